The fourth-order valence-electron chi connectivity index (χ4n) is 2.84. The summed E-state index contributed by atoms with van der Waals surface area (Å²) >= 11 is 9.31. The summed E-state index contributed by atoms with van der Waals surface area (Å²) in [7, 11) is 1.47. The number of benzene rings is 1. The topological polar surface area (TPSA) is 62.7 Å². The lowest BCUT2D eigenvalue weighted by molar-refractivity contribution is -0.137. The zero-order valence-electron chi connectivity index (χ0n) is 15.1. The number of rotatable bonds is 3. The number of likely N-dealkylation sites (N-methyl/N-ethyl adjacent to an activating group) is 1. The predicted molar refractivity (Wildman–Crippen MR) is 104 cm³/mol. The molecule has 2 aromatic rings. The van der Waals surface area contributed by atoms with Gasteiger partial charge in [-0.15, -0.1) is 0 Å². The number of hydrogen-bond acceptors (Lipinski definition) is 4. The van der Waals surface area contributed by atoms with E-state index in [0.717, 1.165) is 17.0 Å². The summed E-state index contributed by atoms with van der Waals surface area (Å²) in [6, 6.07) is 5.22. The number of aryl methyl sites for hydroxylation is 1. The molecule has 3 rings (SSSR count). The summed E-state index contributed by atoms with van der Waals surface area (Å²) in [6.07, 6.45) is -5.58. The number of carbonyl (C=O) groups is 2. The SMILES string of the molecule is Cc1cc(C(F)(F)F)cc(N2C(=O)OCC2C(=O)N(C)c2ccc(Br)c(Cl)c2)n1. The number of alkyl halides is 3. The van der Waals surface area contributed by atoms with Gasteiger partial charge >= 0.3 is 12.3 Å². The van der Waals surface area contributed by atoms with Crippen LogP contribution in [-0.4, -0.2) is 36.7 Å². The number of aromatic nitrogens is 1. The minimum atomic E-state index is -4.63. The summed E-state index contributed by atoms with van der Waals surface area (Å²) in [5.74, 6) is -0.869. The van der Waals surface area contributed by atoms with Gasteiger partial charge in [0.05, 0.1) is 10.6 Å². The number of anilines is 2. The normalized spacial score (nSPS) is 16.7. The molecule has 1 fully saturated rings. The van der Waals surface area contributed by atoms with E-state index in [4.69, 9.17) is 16.3 Å². The minimum absolute atomic E-state index is 0.0498. The van der Waals surface area contributed by atoms with Crippen molar-refractivity contribution in [1.29, 1.82) is 0 Å². The van der Waals surface area contributed by atoms with Crippen LogP contribution in [0.25, 0.3) is 0 Å². The number of hydrogen-bond donors (Lipinski definition) is 0. The first-order chi connectivity index (χ1) is 13.5. The molecule has 1 atom stereocenters. The van der Waals surface area contributed by atoms with Crippen LogP contribution in [0.3, 0.4) is 0 Å². The average Bonchev–Trinajstić information content (AvgIpc) is 3.03. The van der Waals surface area contributed by atoms with E-state index in [0.29, 0.717) is 15.2 Å². The van der Waals surface area contributed by atoms with E-state index in [9.17, 15) is 22.8 Å². The third kappa shape index (κ3) is 4.32. The van der Waals surface area contributed by atoms with Crippen LogP contribution in [-0.2, 0) is 15.7 Å². The Morgan fingerprint density at radius 1 is 1.34 bits per heavy atom. The van der Waals surface area contributed by atoms with Crippen LogP contribution in [0.2, 0.25) is 5.02 Å². The molecule has 0 spiro atoms. The first-order valence-electron chi connectivity index (χ1n) is 8.23. The molecule has 0 radical (unpaired) electrons. The van der Waals surface area contributed by atoms with Crippen LogP contribution < -0.4 is 9.80 Å². The molecular weight excluding hydrogens is 479 g/mol. The Morgan fingerprint density at radius 2 is 2.03 bits per heavy atom. The van der Waals surface area contributed by atoms with Crippen LogP contribution in [0, 0.1) is 6.92 Å². The standard InChI is InChI=1S/C18H14BrClF3N3O3/c1-9-5-10(18(21,22)23)6-15(24-9)26-14(8-29-17(26)28)16(27)25(2)11-3-4-12(19)13(20)7-11/h3-7,14H,8H2,1-2H3. The summed E-state index contributed by atoms with van der Waals surface area (Å²) in [5.41, 5.74) is -0.483. The van der Waals surface area contributed by atoms with Gasteiger partial charge in [-0.1, -0.05) is 11.6 Å². The molecule has 1 unspecified atom stereocenters. The first kappa shape index (κ1) is 21.4. The molecule has 6 nitrogen and oxygen atoms in total. The summed E-state index contributed by atoms with van der Waals surface area (Å²) in [6.45, 7) is 1.05. The highest BCUT2D eigenvalue weighted by molar-refractivity contribution is 9.10. The van der Waals surface area contributed by atoms with Gasteiger partial charge in [-0.3, -0.25) is 4.79 Å². The zero-order valence-corrected chi connectivity index (χ0v) is 17.5. The fraction of sp³-hybridized carbons (Fsp3) is 0.278. The highest BCUT2D eigenvalue weighted by Gasteiger charge is 2.43. The molecule has 29 heavy (non-hydrogen) atoms. The third-order valence-corrected chi connectivity index (χ3v) is 5.53. The van der Waals surface area contributed by atoms with Crippen LogP contribution in [0.1, 0.15) is 11.3 Å². The van der Waals surface area contributed by atoms with Crippen molar-refractivity contribution >= 4 is 51.0 Å². The maximum Gasteiger partial charge on any atom is 0.416 e. The van der Waals surface area contributed by atoms with E-state index >= 15 is 0 Å². The van der Waals surface area contributed by atoms with E-state index in [1.165, 1.54) is 24.9 Å². The second-order valence-corrected chi connectivity index (χ2v) is 7.57. The molecule has 1 saturated heterocycles. The number of ether oxygens (including phenoxy) is 1. The lowest BCUT2D eigenvalue weighted by atomic mass is 10.2. The van der Waals surface area contributed by atoms with Crippen molar-refractivity contribution in [3.05, 3.63) is 51.1 Å². The molecule has 0 saturated carbocycles. The summed E-state index contributed by atoms with van der Waals surface area (Å²) < 4.78 is 45.0. The van der Waals surface area contributed by atoms with Crippen molar-refractivity contribution < 1.29 is 27.5 Å². The maximum absolute atomic E-state index is 13.2. The Morgan fingerprint density at radius 3 is 2.66 bits per heavy atom. The van der Waals surface area contributed by atoms with Gasteiger partial charge in [0.1, 0.15) is 12.4 Å². The molecule has 0 N–H and O–H groups in total. The lowest BCUT2D eigenvalue weighted by Crippen LogP contribution is -2.47. The van der Waals surface area contributed by atoms with Crippen molar-refractivity contribution in [2.75, 3.05) is 23.5 Å². The molecule has 0 aliphatic carbocycles. The van der Waals surface area contributed by atoms with Gasteiger partial charge in [0.15, 0.2) is 6.04 Å². The second-order valence-electron chi connectivity index (χ2n) is 6.31. The molecule has 11 heteroatoms. The first-order valence-corrected chi connectivity index (χ1v) is 9.40. The Balaban J connectivity index is 1.95. The number of carbonyl (C=O) groups excluding carboxylic acids is 2. The quantitative estimate of drug-likeness (QED) is 0.617. The van der Waals surface area contributed by atoms with E-state index in [1.807, 2.05) is 0 Å². The zero-order chi connectivity index (χ0) is 21.5. The Labute approximate surface area is 177 Å². The number of nitrogens with zero attached hydrogens (tertiary/aromatic N) is 3. The van der Waals surface area contributed by atoms with E-state index in [1.54, 1.807) is 12.1 Å². The van der Waals surface area contributed by atoms with Crippen LogP contribution in [0.4, 0.5) is 29.5 Å². The molecule has 1 aromatic carbocycles. The molecular formula is C18H14BrClF3N3O3. The monoisotopic (exact) mass is 491 g/mol. The van der Waals surface area contributed by atoms with Gasteiger partial charge in [0, 0.05) is 22.9 Å². The highest BCUT2D eigenvalue weighted by Crippen LogP contribution is 2.34. The molecule has 1 aliphatic heterocycles. The highest BCUT2D eigenvalue weighted by atomic mass is 79.9. The van der Waals surface area contributed by atoms with E-state index < -0.39 is 29.8 Å². The van der Waals surface area contributed by atoms with Crippen LogP contribution in [0.15, 0.2) is 34.8 Å². The smallest absolute Gasteiger partial charge is 0.416 e. The molecule has 154 valence electrons. The number of halogens is 5. The summed E-state index contributed by atoms with van der Waals surface area (Å²) in [4.78, 5) is 31.3. The largest absolute Gasteiger partial charge is 0.446 e. The lowest BCUT2D eigenvalue weighted by Gasteiger charge is -2.26. The Kier molecular flexibility index (Phi) is 5.77. The minimum Gasteiger partial charge on any atom is -0.446 e. The molecule has 2 heterocycles. The molecule has 0 bridgehead atoms. The maximum atomic E-state index is 13.2. The average molecular weight is 493 g/mol. The van der Waals surface area contributed by atoms with E-state index in [2.05, 4.69) is 20.9 Å². The van der Waals surface area contributed by atoms with Crippen LogP contribution in [0.5, 0.6) is 0 Å². The molecule has 2 amide bonds. The summed E-state index contributed by atoms with van der Waals surface area (Å²) in [5, 5.41) is 0.368. The Bertz CT molecular complexity index is 987. The molecule has 1 aromatic heterocycles. The number of amides is 2. The third-order valence-electron chi connectivity index (χ3n) is 4.29. The van der Waals surface area contributed by atoms with Gasteiger partial charge in [0.2, 0.25) is 0 Å². The van der Waals surface area contributed by atoms with Gasteiger partial charge in [0.25, 0.3) is 5.91 Å². The van der Waals surface area contributed by atoms with Gasteiger partial charge in [-0.2, -0.15) is 13.2 Å². The van der Waals surface area contributed by atoms with E-state index in [-0.39, 0.29) is 18.1 Å². The number of pyridine rings is 1. The second kappa shape index (κ2) is 7.83. The predicted octanol–water partition coefficient (Wildman–Crippen LogP) is 4.81. The van der Waals surface area contributed by atoms with Gasteiger partial charge in [-0.25, -0.2) is 14.7 Å². The fourth-order valence-corrected chi connectivity index (χ4v) is 3.26. The van der Waals surface area contributed by atoms with Crippen LogP contribution >= 0.6 is 27.5 Å². The van der Waals surface area contributed by atoms with Crippen molar-refractivity contribution in [3.63, 3.8) is 0 Å². The number of cyclic esters (lactones) is 1. The van der Waals surface area contributed by atoms with Gasteiger partial charge < -0.3 is 9.64 Å². The molecule has 1 aliphatic rings. The van der Waals surface area contributed by atoms with Gasteiger partial charge in [-0.05, 0) is 53.2 Å². The van der Waals surface area contributed by atoms with Crippen molar-refractivity contribution in [1.82, 2.24) is 4.98 Å². The van der Waals surface area contributed by atoms with Crippen molar-refractivity contribution in [3.8, 4) is 0 Å². The Hall–Kier alpha value is -2.33. The van der Waals surface area contributed by atoms with Crippen molar-refractivity contribution in [2.24, 2.45) is 0 Å². The van der Waals surface area contributed by atoms with Crippen molar-refractivity contribution in [2.45, 2.75) is 19.1 Å².